The molecule has 2 rings (SSSR count). The van der Waals surface area contributed by atoms with Gasteiger partial charge in [0.1, 0.15) is 11.8 Å². The first-order valence-electron chi connectivity index (χ1n) is 4.88. The molecule has 6 heteroatoms. The number of pyridine rings is 1. The van der Waals surface area contributed by atoms with Gasteiger partial charge >= 0.3 is 0 Å². The summed E-state index contributed by atoms with van der Waals surface area (Å²) in [5.41, 5.74) is 0.968. The van der Waals surface area contributed by atoms with Crippen LogP contribution in [-0.4, -0.2) is 27.5 Å². The van der Waals surface area contributed by atoms with Gasteiger partial charge in [0.05, 0.1) is 5.69 Å². The molecule has 0 spiro atoms. The molecule has 1 N–H and O–H groups in total. The van der Waals surface area contributed by atoms with Crippen LogP contribution >= 0.6 is 0 Å². The highest BCUT2D eigenvalue weighted by atomic mass is 16.1. The second-order valence-electron chi connectivity index (χ2n) is 3.21. The molecule has 0 fully saturated rings. The summed E-state index contributed by atoms with van der Waals surface area (Å²) in [4.78, 5) is 19.3. The predicted molar refractivity (Wildman–Crippen MR) is 59.5 cm³/mol. The summed E-state index contributed by atoms with van der Waals surface area (Å²) in [6, 6.07) is 5.27. The highest BCUT2D eigenvalue weighted by Gasteiger charge is 2.08. The minimum Gasteiger partial charge on any atom is -0.354 e. The van der Waals surface area contributed by atoms with Gasteiger partial charge in [-0.2, -0.15) is 5.26 Å². The van der Waals surface area contributed by atoms with Gasteiger partial charge in [0.15, 0.2) is 0 Å². The van der Waals surface area contributed by atoms with Crippen LogP contribution in [0.1, 0.15) is 16.3 Å². The third-order valence-corrected chi connectivity index (χ3v) is 2.22. The van der Waals surface area contributed by atoms with Gasteiger partial charge in [-0.1, -0.05) is 0 Å². The zero-order valence-electron chi connectivity index (χ0n) is 9.08. The molecular weight excluding hydrogens is 218 g/mol. The van der Waals surface area contributed by atoms with Crippen molar-refractivity contribution in [2.45, 2.75) is 0 Å². The zero-order valence-corrected chi connectivity index (χ0v) is 9.08. The van der Waals surface area contributed by atoms with Crippen molar-refractivity contribution in [1.82, 2.24) is 19.9 Å². The van der Waals surface area contributed by atoms with Crippen molar-refractivity contribution in [3.05, 3.63) is 42.2 Å². The quantitative estimate of drug-likeness (QED) is 0.809. The van der Waals surface area contributed by atoms with Crippen molar-refractivity contribution in [1.29, 1.82) is 5.26 Å². The lowest BCUT2D eigenvalue weighted by molar-refractivity contribution is 0.0958. The molecule has 0 saturated heterocycles. The fourth-order valence-corrected chi connectivity index (χ4v) is 1.42. The number of nitriles is 1. The molecule has 2 heterocycles. The topological polar surface area (TPSA) is 83.6 Å². The average Bonchev–Trinajstić information content (AvgIpc) is 2.86. The standard InChI is InChI=1S/C11H9N5O/c1-13-11(17)9-6-8(2-3-14-9)16-5-4-15-10(16)7-12/h2-6H,1H3,(H,13,17). The van der Waals surface area contributed by atoms with Crippen molar-refractivity contribution in [2.24, 2.45) is 0 Å². The minimum absolute atomic E-state index is 0.263. The molecule has 2 aromatic heterocycles. The molecule has 0 aliphatic rings. The molecule has 0 aliphatic carbocycles. The Morgan fingerprint density at radius 1 is 1.47 bits per heavy atom. The maximum Gasteiger partial charge on any atom is 0.269 e. The number of aromatic nitrogens is 3. The smallest absolute Gasteiger partial charge is 0.269 e. The SMILES string of the molecule is CNC(=O)c1cc(-n2ccnc2C#N)ccn1. The summed E-state index contributed by atoms with van der Waals surface area (Å²) in [5.74, 6) is -0.00969. The molecule has 6 nitrogen and oxygen atoms in total. The average molecular weight is 227 g/mol. The third kappa shape index (κ3) is 1.99. The Morgan fingerprint density at radius 2 is 2.29 bits per heavy atom. The molecule has 17 heavy (non-hydrogen) atoms. The van der Waals surface area contributed by atoms with E-state index < -0.39 is 0 Å². The number of nitrogens with zero attached hydrogens (tertiary/aromatic N) is 4. The third-order valence-electron chi connectivity index (χ3n) is 2.22. The van der Waals surface area contributed by atoms with Crippen LogP contribution in [0.5, 0.6) is 0 Å². The largest absolute Gasteiger partial charge is 0.354 e. The summed E-state index contributed by atoms with van der Waals surface area (Å²) < 4.78 is 1.59. The predicted octanol–water partition coefficient (Wildman–Crippen LogP) is 0.499. The van der Waals surface area contributed by atoms with E-state index in [0.717, 1.165) is 0 Å². The lowest BCUT2D eigenvalue weighted by atomic mass is 10.3. The van der Waals surface area contributed by atoms with Crippen LogP contribution in [0.4, 0.5) is 0 Å². The number of hydrogen-bond donors (Lipinski definition) is 1. The van der Waals surface area contributed by atoms with Crippen molar-refractivity contribution >= 4 is 5.91 Å². The Morgan fingerprint density at radius 3 is 3.00 bits per heavy atom. The molecule has 0 unspecified atom stereocenters. The molecule has 0 atom stereocenters. The summed E-state index contributed by atoms with van der Waals surface area (Å²) in [7, 11) is 1.54. The molecule has 84 valence electrons. The van der Waals surface area contributed by atoms with E-state index in [1.165, 1.54) is 19.4 Å². The summed E-state index contributed by atoms with van der Waals surface area (Å²) in [5, 5.41) is 11.4. The molecule has 1 amide bonds. The van der Waals surface area contributed by atoms with Crippen molar-refractivity contribution in [3.8, 4) is 11.8 Å². The summed E-state index contributed by atoms with van der Waals surface area (Å²) >= 11 is 0. The van der Waals surface area contributed by atoms with E-state index in [2.05, 4.69) is 15.3 Å². The Hall–Kier alpha value is -2.68. The van der Waals surface area contributed by atoms with E-state index in [9.17, 15) is 4.79 Å². The molecule has 2 aromatic rings. The van der Waals surface area contributed by atoms with Crippen LogP contribution in [0.2, 0.25) is 0 Å². The number of nitrogens with one attached hydrogen (secondary N) is 1. The highest BCUT2D eigenvalue weighted by Crippen LogP contribution is 2.10. The number of carbonyl (C=O) groups is 1. The molecule has 0 aliphatic heterocycles. The first-order valence-corrected chi connectivity index (χ1v) is 4.88. The normalized spacial score (nSPS) is 9.65. The van der Waals surface area contributed by atoms with E-state index in [1.54, 1.807) is 22.9 Å². The van der Waals surface area contributed by atoms with Crippen LogP contribution < -0.4 is 5.32 Å². The summed E-state index contributed by atoms with van der Waals surface area (Å²) in [6.07, 6.45) is 4.70. The number of hydrogen-bond acceptors (Lipinski definition) is 4. The lowest BCUT2D eigenvalue weighted by Gasteiger charge is -2.05. The van der Waals surface area contributed by atoms with Crippen LogP contribution in [0.25, 0.3) is 5.69 Å². The molecule has 0 radical (unpaired) electrons. The minimum atomic E-state index is -0.273. The molecular formula is C11H9N5O. The fourth-order valence-electron chi connectivity index (χ4n) is 1.42. The Kier molecular flexibility index (Phi) is 2.83. The van der Waals surface area contributed by atoms with Gasteiger partial charge in [-0.25, -0.2) is 4.98 Å². The second kappa shape index (κ2) is 4.45. The second-order valence-corrected chi connectivity index (χ2v) is 3.21. The van der Waals surface area contributed by atoms with Gasteiger partial charge in [0.2, 0.25) is 5.82 Å². The first kappa shape index (κ1) is 10.8. The Bertz CT molecular complexity index is 596. The number of amides is 1. The lowest BCUT2D eigenvalue weighted by Crippen LogP contribution is -2.19. The first-order chi connectivity index (χ1) is 8.26. The van der Waals surface area contributed by atoms with Crippen LogP contribution in [-0.2, 0) is 0 Å². The van der Waals surface area contributed by atoms with E-state index in [0.29, 0.717) is 11.4 Å². The van der Waals surface area contributed by atoms with Gasteiger partial charge in [0.25, 0.3) is 5.91 Å². The summed E-state index contributed by atoms with van der Waals surface area (Å²) in [6.45, 7) is 0. The highest BCUT2D eigenvalue weighted by molar-refractivity contribution is 5.92. The monoisotopic (exact) mass is 227 g/mol. The van der Waals surface area contributed by atoms with Crippen LogP contribution in [0, 0.1) is 11.3 Å². The van der Waals surface area contributed by atoms with Gasteiger partial charge in [-0.15, -0.1) is 0 Å². The maximum absolute atomic E-state index is 11.4. The number of carbonyl (C=O) groups excluding carboxylic acids is 1. The van der Waals surface area contributed by atoms with Crippen molar-refractivity contribution < 1.29 is 4.79 Å². The van der Waals surface area contributed by atoms with E-state index in [4.69, 9.17) is 5.26 Å². The molecule has 0 bridgehead atoms. The fraction of sp³-hybridized carbons (Fsp3) is 0.0909. The van der Waals surface area contributed by atoms with E-state index in [1.807, 2.05) is 6.07 Å². The van der Waals surface area contributed by atoms with Crippen molar-refractivity contribution in [2.75, 3.05) is 7.05 Å². The molecule has 0 aromatic carbocycles. The van der Waals surface area contributed by atoms with E-state index >= 15 is 0 Å². The van der Waals surface area contributed by atoms with Crippen LogP contribution in [0.3, 0.4) is 0 Å². The number of imidazole rings is 1. The maximum atomic E-state index is 11.4. The van der Waals surface area contributed by atoms with Gasteiger partial charge in [-0.3, -0.25) is 14.3 Å². The Labute approximate surface area is 97.5 Å². The van der Waals surface area contributed by atoms with Crippen molar-refractivity contribution in [3.63, 3.8) is 0 Å². The Balaban J connectivity index is 2.47. The molecule has 0 saturated carbocycles. The van der Waals surface area contributed by atoms with Gasteiger partial charge in [0, 0.05) is 25.6 Å². The zero-order chi connectivity index (χ0) is 12.3. The van der Waals surface area contributed by atoms with Gasteiger partial charge < -0.3 is 5.32 Å². The number of rotatable bonds is 2. The van der Waals surface area contributed by atoms with Crippen LogP contribution in [0.15, 0.2) is 30.7 Å². The van der Waals surface area contributed by atoms with Gasteiger partial charge in [-0.05, 0) is 12.1 Å². The van der Waals surface area contributed by atoms with E-state index in [-0.39, 0.29) is 11.7 Å².